The number of benzene rings is 2. The number of aromatic nitrogens is 3. The molecule has 0 unspecified atom stereocenters. The van der Waals surface area contributed by atoms with Gasteiger partial charge in [0.2, 0.25) is 0 Å². The largest absolute Gasteiger partial charge is 0.497 e. The van der Waals surface area contributed by atoms with Crippen molar-refractivity contribution in [2.24, 2.45) is 0 Å². The number of methoxy groups -OCH3 is 1. The summed E-state index contributed by atoms with van der Waals surface area (Å²) in [6.45, 7) is 1.78. The summed E-state index contributed by atoms with van der Waals surface area (Å²) < 4.78 is 45.2. The van der Waals surface area contributed by atoms with E-state index in [9.17, 15) is 12.8 Å². The van der Waals surface area contributed by atoms with Crippen molar-refractivity contribution in [1.82, 2.24) is 15.0 Å². The summed E-state index contributed by atoms with van der Waals surface area (Å²) in [5, 5.41) is 8.04. The molecule has 9 heteroatoms. The second-order valence-corrected chi connectivity index (χ2v) is 8.80. The molecule has 0 radical (unpaired) electrons. The lowest BCUT2D eigenvalue weighted by molar-refractivity contribution is 0.415. The molecule has 0 N–H and O–H groups in total. The molecule has 0 fully saturated rings. The Morgan fingerprint density at radius 3 is 2.75 bits per heavy atom. The van der Waals surface area contributed by atoms with Gasteiger partial charge in [-0.05, 0) is 30.2 Å². The first-order valence-electron chi connectivity index (χ1n) is 8.59. The van der Waals surface area contributed by atoms with Gasteiger partial charge in [0.25, 0.3) is 0 Å². The van der Waals surface area contributed by atoms with Crippen LogP contribution in [0.1, 0.15) is 18.9 Å². The number of hydrogen-bond acceptors (Lipinski definition) is 5. The summed E-state index contributed by atoms with van der Waals surface area (Å²) in [4.78, 5) is 0. The fourth-order valence-corrected chi connectivity index (χ4v) is 4.68. The Kier molecular flexibility index (Phi) is 6.00. The van der Waals surface area contributed by atoms with Gasteiger partial charge in [-0.15, -0.1) is 5.10 Å². The topological polar surface area (TPSA) is 74.1 Å². The summed E-state index contributed by atoms with van der Waals surface area (Å²) in [6.07, 6.45) is 2.03. The number of sulfone groups is 1. The van der Waals surface area contributed by atoms with E-state index in [1.165, 1.54) is 23.0 Å². The lowest BCUT2D eigenvalue weighted by Gasteiger charge is -2.11. The normalized spacial score (nSPS) is 11.6. The summed E-state index contributed by atoms with van der Waals surface area (Å²) >= 11 is 6.34. The minimum Gasteiger partial charge on any atom is -0.497 e. The third-order valence-electron chi connectivity index (χ3n) is 4.13. The van der Waals surface area contributed by atoms with Crippen molar-refractivity contribution >= 4 is 21.4 Å². The average Bonchev–Trinajstić information content (AvgIpc) is 3.14. The molecule has 3 rings (SSSR count). The molecule has 6 nitrogen and oxygen atoms in total. The van der Waals surface area contributed by atoms with E-state index < -0.39 is 15.7 Å². The number of halogens is 2. The molecular weight excluding hydrogens is 405 g/mol. The maximum atomic E-state index is 14.5. The molecule has 2 aromatic carbocycles. The summed E-state index contributed by atoms with van der Waals surface area (Å²) in [6, 6.07) is 9.77. The lowest BCUT2D eigenvalue weighted by atomic mass is 10.1. The molecule has 0 aliphatic heterocycles. The van der Waals surface area contributed by atoms with Crippen LogP contribution in [0.2, 0.25) is 5.02 Å². The van der Waals surface area contributed by atoms with Crippen LogP contribution in [0.15, 0.2) is 42.6 Å². The molecule has 1 heterocycles. The van der Waals surface area contributed by atoms with E-state index in [0.717, 1.165) is 5.56 Å². The van der Waals surface area contributed by atoms with Gasteiger partial charge in [0.05, 0.1) is 29.8 Å². The van der Waals surface area contributed by atoms with Gasteiger partial charge < -0.3 is 4.74 Å². The van der Waals surface area contributed by atoms with Crippen LogP contribution >= 0.6 is 11.6 Å². The monoisotopic (exact) mass is 423 g/mol. The molecule has 0 saturated heterocycles. The summed E-state index contributed by atoms with van der Waals surface area (Å²) in [5.41, 5.74) is 1.53. The zero-order chi connectivity index (χ0) is 20.3. The van der Waals surface area contributed by atoms with E-state index in [0.29, 0.717) is 23.4 Å². The van der Waals surface area contributed by atoms with E-state index in [2.05, 4.69) is 10.3 Å². The average molecular weight is 424 g/mol. The molecule has 3 aromatic rings. The fraction of sp³-hybridized carbons (Fsp3) is 0.263. The molecule has 0 saturated carbocycles. The van der Waals surface area contributed by atoms with Crippen LogP contribution < -0.4 is 4.74 Å². The smallest absolute Gasteiger partial charge is 0.154 e. The van der Waals surface area contributed by atoms with E-state index in [1.807, 2.05) is 6.07 Å². The van der Waals surface area contributed by atoms with Crippen LogP contribution in [0.3, 0.4) is 0 Å². The van der Waals surface area contributed by atoms with Gasteiger partial charge in [-0.3, -0.25) is 0 Å². The van der Waals surface area contributed by atoms with Crippen LogP contribution in [0.25, 0.3) is 16.9 Å². The number of rotatable bonds is 7. The molecule has 0 atom stereocenters. The van der Waals surface area contributed by atoms with Gasteiger partial charge in [0.15, 0.2) is 9.84 Å². The standard InChI is InChI=1S/C19H19ClFN3O3S/c1-3-9-28(25,26)12-14-7-8-16(21)19(18(14)20)24-11-17(22-23-24)13-5-4-6-15(10-13)27-2/h4-8,10-11H,3,9,12H2,1-2H3. The molecule has 0 spiro atoms. The number of nitrogens with zero attached hydrogens (tertiary/aromatic N) is 3. The molecular formula is C19H19ClFN3O3S. The minimum absolute atomic E-state index is 0.00164. The highest BCUT2D eigenvalue weighted by Gasteiger charge is 2.20. The molecule has 28 heavy (non-hydrogen) atoms. The van der Waals surface area contributed by atoms with Crippen molar-refractivity contribution in [1.29, 1.82) is 0 Å². The first-order valence-corrected chi connectivity index (χ1v) is 10.8. The van der Waals surface area contributed by atoms with E-state index in [4.69, 9.17) is 16.3 Å². The van der Waals surface area contributed by atoms with E-state index >= 15 is 0 Å². The predicted octanol–water partition coefficient (Wildman–Crippen LogP) is 4.06. The maximum Gasteiger partial charge on any atom is 0.154 e. The van der Waals surface area contributed by atoms with Gasteiger partial charge in [-0.25, -0.2) is 17.5 Å². The molecule has 0 bridgehead atoms. The van der Waals surface area contributed by atoms with Crippen molar-refractivity contribution in [3.05, 3.63) is 59.0 Å². The quantitative estimate of drug-likeness (QED) is 0.573. The first-order chi connectivity index (χ1) is 13.3. The van der Waals surface area contributed by atoms with E-state index in [-0.39, 0.29) is 22.2 Å². The Bertz CT molecular complexity index is 1100. The fourth-order valence-electron chi connectivity index (χ4n) is 2.81. The Morgan fingerprint density at radius 2 is 2.04 bits per heavy atom. The van der Waals surface area contributed by atoms with Gasteiger partial charge in [-0.2, -0.15) is 0 Å². The zero-order valence-electron chi connectivity index (χ0n) is 15.4. The van der Waals surface area contributed by atoms with Gasteiger partial charge in [0, 0.05) is 5.56 Å². The van der Waals surface area contributed by atoms with Crippen molar-refractivity contribution < 1.29 is 17.5 Å². The van der Waals surface area contributed by atoms with Crippen LogP contribution in [-0.4, -0.2) is 36.3 Å². The number of hydrogen-bond donors (Lipinski definition) is 0. The zero-order valence-corrected chi connectivity index (χ0v) is 17.0. The summed E-state index contributed by atoms with van der Waals surface area (Å²) in [5.74, 6) is -0.188. The number of ether oxygens (including phenoxy) is 1. The van der Waals surface area contributed by atoms with Crippen LogP contribution in [0, 0.1) is 5.82 Å². The Hall–Kier alpha value is -2.45. The van der Waals surface area contributed by atoms with Crippen molar-refractivity contribution in [2.75, 3.05) is 12.9 Å². The molecule has 0 aliphatic rings. The van der Waals surface area contributed by atoms with Crippen LogP contribution in [-0.2, 0) is 15.6 Å². The highest BCUT2D eigenvalue weighted by Crippen LogP contribution is 2.30. The molecule has 1 aromatic heterocycles. The van der Waals surface area contributed by atoms with Crippen molar-refractivity contribution in [3.63, 3.8) is 0 Å². The maximum absolute atomic E-state index is 14.5. The predicted molar refractivity (Wildman–Crippen MR) is 106 cm³/mol. The third kappa shape index (κ3) is 4.34. The molecule has 148 valence electrons. The SMILES string of the molecule is CCCS(=O)(=O)Cc1ccc(F)c(-n2cc(-c3cccc(OC)c3)nn2)c1Cl. The third-order valence-corrected chi connectivity index (χ3v) is 6.33. The Balaban J connectivity index is 2.00. The van der Waals surface area contributed by atoms with Crippen LogP contribution in [0.5, 0.6) is 5.75 Å². The highest BCUT2D eigenvalue weighted by atomic mass is 35.5. The van der Waals surface area contributed by atoms with Gasteiger partial charge in [0.1, 0.15) is 22.9 Å². The molecule has 0 amide bonds. The second-order valence-electron chi connectivity index (χ2n) is 6.24. The Morgan fingerprint density at radius 1 is 1.25 bits per heavy atom. The Labute approximate surface area is 167 Å². The summed E-state index contributed by atoms with van der Waals surface area (Å²) in [7, 11) is -1.77. The van der Waals surface area contributed by atoms with Gasteiger partial charge >= 0.3 is 0 Å². The first kappa shape index (κ1) is 20.3. The minimum atomic E-state index is -3.33. The van der Waals surface area contributed by atoms with Gasteiger partial charge in [-0.1, -0.05) is 41.9 Å². The van der Waals surface area contributed by atoms with Crippen LogP contribution in [0.4, 0.5) is 4.39 Å². The second kappa shape index (κ2) is 8.28. The van der Waals surface area contributed by atoms with Crippen molar-refractivity contribution in [2.45, 2.75) is 19.1 Å². The van der Waals surface area contributed by atoms with E-state index in [1.54, 1.807) is 32.2 Å². The van der Waals surface area contributed by atoms with Crippen molar-refractivity contribution in [3.8, 4) is 22.7 Å². The molecule has 0 aliphatic carbocycles. The lowest BCUT2D eigenvalue weighted by Crippen LogP contribution is -2.10. The highest BCUT2D eigenvalue weighted by molar-refractivity contribution is 7.90.